The summed E-state index contributed by atoms with van der Waals surface area (Å²) in [7, 11) is 0. The van der Waals surface area contributed by atoms with Crippen LogP contribution >= 0.6 is 0 Å². The van der Waals surface area contributed by atoms with Crippen molar-refractivity contribution in [2.24, 2.45) is 0 Å². The van der Waals surface area contributed by atoms with Gasteiger partial charge in [0.25, 0.3) is 0 Å². The molecule has 3 N–H and O–H groups in total. The van der Waals surface area contributed by atoms with E-state index in [2.05, 4.69) is 10.3 Å². The molecule has 0 radical (unpaired) electrons. The smallest absolute Gasteiger partial charge is 0.407 e. The zero-order valence-electron chi connectivity index (χ0n) is 13.8. The molecule has 2 unspecified atom stereocenters. The first-order chi connectivity index (χ1) is 12.5. The molecule has 2 atom stereocenters. The number of nitrogens with one attached hydrogen (secondary N) is 1. The summed E-state index contributed by atoms with van der Waals surface area (Å²) < 4.78 is 18.5. The van der Waals surface area contributed by atoms with Crippen LogP contribution in [0.15, 0.2) is 42.6 Å². The lowest BCUT2D eigenvalue weighted by molar-refractivity contribution is 0.0130. The van der Waals surface area contributed by atoms with E-state index < -0.39 is 29.8 Å². The molecule has 1 heterocycles. The van der Waals surface area contributed by atoms with Gasteiger partial charge in [0.2, 0.25) is 5.95 Å². The van der Waals surface area contributed by atoms with E-state index in [0.29, 0.717) is 0 Å². The molecule has 1 amide bonds. The van der Waals surface area contributed by atoms with Crippen LogP contribution < -0.4 is 5.32 Å². The van der Waals surface area contributed by atoms with Crippen LogP contribution in [0.2, 0.25) is 0 Å². The number of aldehydes is 1. The van der Waals surface area contributed by atoms with Gasteiger partial charge in [-0.15, -0.1) is 0 Å². The molecule has 1 aromatic carbocycles. The number of ether oxygens (including phenoxy) is 1. The molecule has 26 heavy (non-hydrogen) atoms. The van der Waals surface area contributed by atoms with E-state index in [0.717, 1.165) is 11.8 Å². The molecule has 0 bridgehead atoms. The second-order valence-electron chi connectivity index (χ2n) is 5.51. The number of carbonyl (C=O) groups is 2. The number of halogens is 1. The Bertz CT molecular complexity index is 742. The van der Waals surface area contributed by atoms with Gasteiger partial charge in [-0.2, -0.15) is 4.39 Å². The fraction of sp³-hybridized carbons (Fsp3) is 0.278. The number of alkyl carbamates (subject to hydrolysis) is 1. The third-order valence-electron chi connectivity index (χ3n) is 3.70. The zero-order chi connectivity index (χ0) is 18.9. The molecule has 0 spiro atoms. The van der Waals surface area contributed by atoms with Gasteiger partial charge in [-0.3, -0.25) is 4.79 Å². The van der Waals surface area contributed by atoms with Crippen molar-refractivity contribution in [3.05, 3.63) is 65.2 Å². The highest BCUT2D eigenvalue weighted by Crippen LogP contribution is 2.22. The van der Waals surface area contributed by atoms with E-state index in [4.69, 9.17) is 4.74 Å². The summed E-state index contributed by atoms with van der Waals surface area (Å²) in [5, 5.41) is 22.5. The van der Waals surface area contributed by atoms with Crippen molar-refractivity contribution in [1.29, 1.82) is 0 Å². The van der Waals surface area contributed by atoms with Gasteiger partial charge in [0.15, 0.2) is 6.29 Å². The Morgan fingerprint density at radius 1 is 1.27 bits per heavy atom. The van der Waals surface area contributed by atoms with E-state index in [1.165, 1.54) is 6.07 Å². The highest BCUT2D eigenvalue weighted by molar-refractivity contribution is 5.77. The van der Waals surface area contributed by atoms with Crippen molar-refractivity contribution in [2.75, 3.05) is 6.54 Å². The van der Waals surface area contributed by atoms with Gasteiger partial charge < -0.3 is 20.3 Å². The first-order valence-corrected chi connectivity index (χ1v) is 7.93. The van der Waals surface area contributed by atoms with Crippen molar-refractivity contribution in [3.8, 4) is 0 Å². The van der Waals surface area contributed by atoms with Crippen molar-refractivity contribution in [2.45, 2.75) is 25.2 Å². The van der Waals surface area contributed by atoms with Crippen LogP contribution in [-0.4, -0.2) is 40.2 Å². The van der Waals surface area contributed by atoms with E-state index >= 15 is 0 Å². The molecule has 1 aromatic heterocycles. The Kier molecular flexibility index (Phi) is 7.19. The standard InChI is InChI=1S/C18H19FN2O5/c19-17-14(10-22)13(6-8-20-17)16(24)15(23)7-9-21-18(25)26-11-12-4-2-1-3-5-12/h1-6,8,10,15-16,23-24H,7,9,11H2,(H,21,25). The summed E-state index contributed by atoms with van der Waals surface area (Å²) in [5.41, 5.74) is 0.361. The monoisotopic (exact) mass is 362 g/mol. The maximum absolute atomic E-state index is 13.4. The lowest BCUT2D eigenvalue weighted by Crippen LogP contribution is -2.30. The second kappa shape index (κ2) is 9.59. The summed E-state index contributed by atoms with van der Waals surface area (Å²) in [6.45, 7) is 0.132. The minimum absolute atomic E-state index is 0.0236. The highest BCUT2D eigenvalue weighted by atomic mass is 19.1. The minimum Gasteiger partial charge on any atom is -0.445 e. The number of hydrogen-bond donors (Lipinski definition) is 3. The van der Waals surface area contributed by atoms with Crippen LogP contribution in [0.5, 0.6) is 0 Å². The van der Waals surface area contributed by atoms with Crippen LogP contribution in [0.4, 0.5) is 9.18 Å². The molecular formula is C18H19FN2O5. The van der Waals surface area contributed by atoms with Gasteiger partial charge >= 0.3 is 6.09 Å². The molecule has 8 heteroatoms. The molecule has 2 rings (SSSR count). The van der Waals surface area contributed by atoms with E-state index in [1.807, 2.05) is 30.3 Å². The number of nitrogens with zero attached hydrogens (tertiary/aromatic N) is 1. The lowest BCUT2D eigenvalue weighted by atomic mass is 9.99. The number of aromatic nitrogens is 1. The summed E-state index contributed by atoms with van der Waals surface area (Å²) in [5.74, 6) is -1.02. The molecule has 0 saturated carbocycles. The van der Waals surface area contributed by atoms with Gasteiger partial charge in [-0.1, -0.05) is 30.3 Å². The first kappa shape index (κ1) is 19.5. The average Bonchev–Trinajstić information content (AvgIpc) is 2.66. The molecule has 138 valence electrons. The Hall–Kier alpha value is -2.84. The van der Waals surface area contributed by atoms with Crippen LogP contribution in [0.1, 0.15) is 34.0 Å². The predicted molar refractivity (Wildman–Crippen MR) is 89.8 cm³/mol. The number of hydrogen-bond acceptors (Lipinski definition) is 6. The highest BCUT2D eigenvalue weighted by Gasteiger charge is 2.23. The number of rotatable bonds is 8. The largest absolute Gasteiger partial charge is 0.445 e. The predicted octanol–water partition coefficient (Wildman–Crippen LogP) is 1.74. The number of carbonyl (C=O) groups excluding carboxylic acids is 2. The topological polar surface area (TPSA) is 109 Å². The molecule has 7 nitrogen and oxygen atoms in total. The second-order valence-corrected chi connectivity index (χ2v) is 5.51. The van der Waals surface area contributed by atoms with Crippen LogP contribution in [0.25, 0.3) is 0 Å². The van der Waals surface area contributed by atoms with Crippen LogP contribution in [0, 0.1) is 5.95 Å². The Morgan fingerprint density at radius 3 is 2.69 bits per heavy atom. The van der Waals surface area contributed by atoms with E-state index in [1.54, 1.807) is 0 Å². The molecule has 0 saturated heterocycles. The van der Waals surface area contributed by atoms with Crippen LogP contribution in [-0.2, 0) is 11.3 Å². The Morgan fingerprint density at radius 2 is 2.00 bits per heavy atom. The van der Waals surface area contributed by atoms with Gasteiger partial charge in [-0.25, -0.2) is 9.78 Å². The van der Waals surface area contributed by atoms with Crippen molar-refractivity contribution in [1.82, 2.24) is 10.3 Å². The minimum atomic E-state index is -1.49. The fourth-order valence-corrected chi connectivity index (χ4v) is 2.30. The number of benzene rings is 1. The van der Waals surface area contributed by atoms with Gasteiger partial charge in [0, 0.05) is 12.7 Å². The third-order valence-corrected chi connectivity index (χ3v) is 3.70. The summed E-state index contributed by atoms with van der Waals surface area (Å²) in [4.78, 5) is 25.8. The fourth-order valence-electron chi connectivity index (χ4n) is 2.30. The van der Waals surface area contributed by atoms with E-state index in [9.17, 15) is 24.2 Å². The summed E-state index contributed by atoms with van der Waals surface area (Å²) >= 11 is 0. The Balaban J connectivity index is 1.79. The number of amides is 1. The quantitative estimate of drug-likeness (QED) is 0.488. The molecule has 0 aliphatic heterocycles. The number of pyridine rings is 1. The maximum Gasteiger partial charge on any atom is 0.407 e. The third kappa shape index (κ3) is 5.33. The molecule has 0 aliphatic carbocycles. The van der Waals surface area contributed by atoms with Gasteiger partial charge in [-0.05, 0) is 23.6 Å². The number of aliphatic hydroxyl groups excluding tert-OH is 2. The van der Waals surface area contributed by atoms with E-state index in [-0.39, 0.29) is 31.4 Å². The molecule has 0 fully saturated rings. The normalized spacial score (nSPS) is 12.9. The van der Waals surface area contributed by atoms with Crippen LogP contribution in [0.3, 0.4) is 0 Å². The summed E-state index contributed by atoms with van der Waals surface area (Å²) in [6.07, 6.45) is -2.18. The van der Waals surface area contributed by atoms with Gasteiger partial charge in [0.05, 0.1) is 11.7 Å². The number of aliphatic hydroxyl groups is 2. The van der Waals surface area contributed by atoms with Crippen molar-refractivity contribution < 1.29 is 28.9 Å². The average molecular weight is 362 g/mol. The maximum atomic E-state index is 13.4. The zero-order valence-corrected chi connectivity index (χ0v) is 13.8. The SMILES string of the molecule is O=Cc1c(C(O)C(O)CCNC(=O)OCc2ccccc2)ccnc1F. The first-order valence-electron chi connectivity index (χ1n) is 7.93. The molecule has 2 aromatic rings. The Labute approximate surface area is 149 Å². The molecule has 0 aliphatic rings. The van der Waals surface area contributed by atoms with Gasteiger partial charge in [0.1, 0.15) is 12.7 Å². The lowest BCUT2D eigenvalue weighted by Gasteiger charge is -2.19. The summed E-state index contributed by atoms with van der Waals surface area (Å²) in [6, 6.07) is 10.4. The molecular weight excluding hydrogens is 343 g/mol. The van der Waals surface area contributed by atoms with Crippen molar-refractivity contribution in [3.63, 3.8) is 0 Å². The van der Waals surface area contributed by atoms with Crippen molar-refractivity contribution >= 4 is 12.4 Å².